The van der Waals surface area contributed by atoms with E-state index in [4.69, 9.17) is 9.47 Å². The van der Waals surface area contributed by atoms with Gasteiger partial charge in [0.15, 0.2) is 17.2 Å². The lowest BCUT2D eigenvalue weighted by Gasteiger charge is -2.39. The van der Waals surface area contributed by atoms with E-state index in [0.29, 0.717) is 34.5 Å². The predicted octanol–water partition coefficient (Wildman–Crippen LogP) is 2.47. The summed E-state index contributed by atoms with van der Waals surface area (Å²) in [5.41, 5.74) is 1.89. The lowest BCUT2D eigenvalue weighted by Crippen LogP contribution is -2.54. The molecule has 2 unspecified atom stereocenters. The standard InChI is InChI=1S/C26H31N7O4/c1-27-20-12-22(29-18-3-2-7-32(26(18)35)15-10-16-4-5-17(11-15)37-16)31-33-21(13-28-24(20)33)25(34)30-19-9-14-6-8-36-23(14)19/h2-3,7,12-17,19,23,27H,4-6,8-11H2,1H3,(H,29,31)(H,30,34)/t14-,15?,16?,17?,19-,23-/m1/s1. The molecular weight excluding hydrogens is 474 g/mol. The van der Waals surface area contributed by atoms with E-state index in [9.17, 15) is 9.59 Å². The van der Waals surface area contributed by atoms with Crippen LogP contribution in [0.3, 0.4) is 0 Å². The van der Waals surface area contributed by atoms with Crippen LogP contribution in [-0.4, -0.2) is 63.1 Å². The SMILES string of the molecule is CNc1cc(Nc2cccn(C3CC4CCC(C3)O4)c2=O)nn2c(C(=O)N[C@@H]3C[C@H]4CCO[C@H]43)cnc12. The van der Waals surface area contributed by atoms with Crippen LogP contribution in [0.25, 0.3) is 5.65 Å². The summed E-state index contributed by atoms with van der Waals surface area (Å²) in [6.45, 7) is 0.760. The lowest BCUT2D eigenvalue weighted by molar-refractivity contribution is -0.0164. The van der Waals surface area contributed by atoms with E-state index >= 15 is 0 Å². The first-order valence-electron chi connectivity index (χ1n) is 13.2. The van der Waals surface area contributed by atoms with Gasteiger partial charge in [0.1, 0.15) is 5.69 Å². The van der Waals surface area contributed by atoms with Crippen LogP contribution < -0.4 is 21.5 Å². The van der Waals surface area contributed by atoms with Gasteiger partial charge in [-0.25, -0.2) is 9.50 Å². The van der Waals surface area contributed by atoms with Gasteiger partial charge in [-0.15, -0.1) is 5.10 Å². The van der Waals surface area contributed by atoms with Crippen molar-refractivity contribution in [3.05, 3.63) is 46.6 Å². The van der Waals surface area contributed by atoms with Gasteiger partial charge in [-0.3, -0.25) is 9.59 Å². The Kier molecular flexibility index (Phi) is 5.43. The maximum Gasteiger partial charge on any atom is 0.274 e. The highest BCUT2D eigenvalue weighted by Gasteiger charge is 2.46. The molecule has 37 heavy (non-hydrogen) atoms. The molecule has 3 N–H and O–H groups in total. The van der Waals surface area contributed by atoms with E-state index in [1.165, 1.54) is 10.7 Å². The number of nitrogens with one attached hydrogen (secondary N) is 3. The minimum absolute atomic E-state index is 0.0128. The molecule has 4 fully saturated rings. The van der Waals surface area contributed by atoms with Gasteiger partial charge in [0.2, 0.25) is 0 Å². The van der Waals surface area contributed by atoms with Crippen molar-refractivity contribution >= 4 is 28.7 Å². The van der Waals surface area contributed by atoms with Crippen molar-refractivity contribution in [3.63, 3.8) is 0 Å². The summed E-state index contributed by atoms with van der Waals surface area (Å²) in [5, 5.41) is 14.0. The molecular formula is C26H31N7O4. The summed E-state index contributed by atoms with van der Waals surface area (Å²) < 4.78 is 15.1. The largest absolute Gasteiger partial charge is 0.385 e. The Hall–Kier alpha value is -3.44. The van der Waals surface area contributed by atoms with Crippen LogP contribution in [0.2, 0.25) is 0 Å². The Labute approximate surface area is 213 Å². The number of carbonyl (C=O) groups excluding carboxylic acids is 1. The fourth-order valence-corrected chi connectivity index (χ4v) is 6.46. The van der Waals surface area contributed by atoms with Crippen molar-refractivity contribution in [2.24, 2.45) is 5.92 Å². The molecule has 0 aromatic carbocycles. The molecule has 3 saturated heterocycles. The minimum Gasteiger partial charge on any atom is -0.385 e. The Morgan fingerprint density at radius 1 is 1.14 bits per heavy atom. The predicted molar refractivity (Wildman–Crippen MR) is 136 cm³/mol. The fraction of sp³-hybridized carbons (Fsp3) is 0.538. The van der Waals surface area contributed by atoms with Crippen LogP contribution in [0.1, 0.15) is 55.1 Å². The third-order valence-corrected chi connectivity index (χ3v) is 8.40. The number of fused-ring (bicyclic) bond motifs is 4. The molecule has 2 bridgehead atoms. The Morgan fingerprint density at radius 3 is 2.76 bits per heavy atom. The van der Waals surface area contributed by atoms with Gasteiger partial charge in [0, 0.05) is 32.0 Å². The summed E-state index contributed by atoms with van der Waals surface area (Å²) in [5.74, 6) is 0.742. The highest BCUT2D eigenvalue weighted by atomic mass is 16.5. The third kappa shape index (κ3) is 3.88. The highest BCUT2D eigenvalue weighted by Crippen LogP contribution is 2.39. The first-order chi connectivity index (χ1) is 18.1. The van der Waals surface area contributed by atoms with Gasteiger partial charge >= 0.3 is 0 Å². The number of anilines is 3. The Morgan fingerprint density at radius 2 is 1.97 bits per heavy atom. The number of carbonyl (C=O) groups is 1. The molecule has 5 atom stereocenters. The molecule has 4 aliphatic rings. The number of rotatable bonds is 6. The van der Waals surface area contributed by atoms with Gasteiger partial charge in [-0.05, 0) is 56.6 Å². The van der Waals surface area contributed by atoms with Crippen LogP contribution >= 0.6 is 0 Å². The van der Waals surface area contributed by atoms with Crippen molar-refractivity contribution in [2.75, 3.05) is 24.3 Å². The average molecular weight is 506 g/mol. The molecule has 11 nitrogen and oxygen atoms in total. The number of nitrogens with zero attached hydrogens (tertiary/aromatic N) is 4. The Balaban J connectivity index is 1.16. The molecule has 194 valence electrons. The number of ether oxygens (including phenoxy) is 2. The topological polar surface area (TPSA) is 124 Å². The van der Waals surface area contributed by atoms with Crippen molar-refractivity contribution in [3.8, 4) is 0 Å². The van der Waals surface area contributed by atoms with Crippen molar-refractivity contribution < 1.29 is 14.3 Å². The number of imidazole rings is 1. The number of hydrogen-bond acceptors (Lipinski definition) is 8. The second-order valence-corrected chi connectivity index (χ2v) is 10.6. The van der Waals surface area contributed by atoms with Crippen molar-refractivity contribution in [1.82, 2.24) is 24.5 Å². The third-order valence-electron chi connectivity index (χ3n) is 8.40. The number of aromatic nitrogens is 4. The highest BCUT2D eigenvalue weighted by molar-refractivity contribution is 5.94. The molecule has 0 radical (unpaired) electrons. The molecule has 3 aromatic rings. The second kappa shape index (κ2) is 8.84. The quantitative estimate of drug-likeness (QED) is 0.467. The van der Waals surface area contributed by atoms with Gasteiger partial charge in [0.05, 0.1) is 36.2 Å². The molecule has 0 spiro atoms. The molecule has 1 amide bonds. The average Bonchev–Trinajstić information content (AvgIpc) is 3.59. The van der Waals surface area contributed by atoms with E-state index < -0.39 is 0 Å². The summed E-state index contributed by atoms with van der Waals surface area (Å²) in [6, 6.07) is 5.57. The molecule has 1 saturated carbocycles. The zero-order valence-electron chi connectivity index (χ0n) is 20.7. The van der Waals surface area contributed by atoms with Crippen LogP contribution in [0.15, 0.2) is 35.4 Å². The van der Waals surface area contributed by atoms with Crippen LogP contribution in [0.5, 0.6) is 0 Å². The van der Waals surface area contributed by atoms with Gasteiger partial charge in [0.25, 0.3) is 11.5 Å². The lowest BCUT2D eigenvalue weighted by atomic mass is 9.77. The number of hydrogen-bond donors (Lipinski definition) is 3. The number of amides is 1. The molecule has 1 aliphatic carbocycles. The summed E-state index contributed by atoms with van der Waals surface area (Å²) in [4.78, 5) is 31.0. The van der Waals surface area contributed by atoms with E-state index in [1.807, 2.05) is 16.8 Å². The molecule has 3 aliphatic heterocycles. The minimum atomic E-state index is -0.241. The van der Waals surface area contributed by atoms with Gasteiger partial charge < -0.3 is 30.0 Å². The maximum atomic E-state index is 13.4. The van der Waals surface area contributed by atoms with Crippen molar-refractivity contribution in [2.45, 2.75) is 68.9 Å². The van der Waals surface area contributed by atoms with Gasteiger partial charge in [-0.1, -0.05) is 0 Å². The van der Waals surface area contributed by atoms with Crippen LogP contribution in [-0.2, 0) is 9.47 Å². The first-order valence-corrected chi connectivity index (χ1v) is 13.2. The monoisotopic (exact) mass is 505 g/mol. The molecule has 7 rings (SSSR count). The zero-order valence-corrected chi connectivity index (χ0v) is 20.7. The van der Waals surface area contributed by atoms with E-state index in [1.54, 1.807) is 19.2 Å². The summed E-state index contributed by atoms with van der Waals surface area (Å²) in [6.07, 6.45) is 9.82. The van der Waals surface area contributed by atoms with Gasteiger partial charge in [-0.2, -0.15) is 0 Å². The van der Waals surface area contributed by atoms with Crippen LogP contribution in [0.4, 0.5) is 17.2 Å². The smallest absolute Gasteiger partial charge is 0.274 e. The Bertz CT molecular complexity index is 1410. The fourth-order valence-electron chi connectivity index (χ4n) is 6.46. The zero-order chi connectivity index (χ0) is 25.1. The van der Waals surface area contributed by atoms with E-state index in [-0.39, 0.29) is 41.9 Å². The summed E-state index contributed by atoms with van der Waals surface area (Å²) in [7, 11) is 1.79. The maximum absolute atomic E-state index is 13.4. The second-order valence-electron chi connectivity index (χ2n) is 10.6. The molecule has 11 heteroatoms. The van der Waals surface area contributed by atoms with Crippen LogP contribution in [0, 0.1) is 5.92 Å². The van der Waals surface area contributed by atoms with E-state index in [2.05, 4.69) is 26.0 Å². The van der Waals surface area contributed by atoms with Crippen molar-refractivity contribution in [1.29, 1.82) is 0 Å². The molecule has 3 aromatic heterocycles. The normalized spacial score (nSPS) is 30.1. The summed E-state index contributed by atoms with van der Waals surface area (Å²) >= 11 is 0. The molecule has 6 heterocycles. The van der Waals surface area contributed by atoms with E-state index in [0.717, 1.165) is 45.1 Å². The number of pyridine rings is 1. The first kappa shape index (κ1) is 22.7.